The van der Waals surface area contributed by atoms with Gasteiger partial charge in [-0.1, -0.05) is 37.3 Å². The molecule has 0 bridgehead atoms. The number of benzene rings is 1. The van der Waals surface area contributed by atoms with Gasteiger partial charge < -0.3 is 10.4 Å². The number of nitrogens with one attached hydrogen (secondary N) is 1. The molecular formula is C13H18F3NO. The van der Waals surface area contributed by atoms with Crippen LogP contribution in [0.4, 0.5) is 13.2 Å². The minimum Gasteiger partial charge on any atom is -0.395 e. The highest BCUT2D eigenvalue weighted by atomic mass is 19.4. The Labute approximate surface area is 105 Å². The zero-order valence-corrected chi connectivity index (χ0v) is 10.2. The molecule has 0 radical (unpaired) electrons. The summed E-state index contributed by atoms with van der Waals surface area (Å²) in [7, 11) is 0. The summed E-state index contributed by atoms with van der Waals surface area (Å²) in [4.78, 5) is 0. The second-order valence-corrected chi connectivity index (χ2v) is 4.24. The molecule has 5 heteroatoms. The summed E-state index contributed by atoms with van der Waals surface area (Å²) in [6.07, 6.45) is -4.59. The normalized spacial score (nSPS) is 15.4. The van der Waals surface area contributed by atoms with E-state index in [9.17, 15) is 13.2 Å². The SMILES string of the molecule is CC[C@H](CO)NC(CC(F)(F)F)c1ccccc1. The van der Waals surface area contributed by atoms with Crippen LogP contribution in [-0.4, -0.2) is 23.9 Å². The lowest BCUT2D eigenvalue weighted by molar-refractivity contribution is -0.141. The quantitative estimate of drug-likeness (QED) is 0.825. The van der Waals surface area contributed by atoms with Crippen molar-refractivity contribution in [1.29, 1.82) is 0 Å². The van der Waals surface area contributed by atoms with Crippen molar-refractivity contribution < 1.29 is 18.3 Å². The average molecular weight is 261 g/mol. The van der Waals surface area contributed by atoms with E-state index in [1.807, 2.05) is 6.92 Å². The van der Waals surface area contributed by atoms with E-state index in [0.29, 0.717) is 12.0 Å². The highest BCUT2D eigenvalue weighted by molar-refractivity contribution is 5.19. The first-order chi connectivity index (χ1) is 8.46. The fourth-order valence-corrected chi connectivity index (χ4v) is 1.77. The lowest BCUT2D eigenvalue weighted by Crippen LogP contribution is -2.37. The van der Waals surface area contributed by atoms with Gasteiger partial charge in [0.05, 0.1) is 13.0 Å². The largest absolute Gasteiger partial charge is 0.395 e. The molecule has 0 amide bonds. The Hall–Kier alpha value is -1.07. The molecule has 18 heavy (non-hydrogen) atoms. The molecule has 0 saturated carbocycles. The van der Waals surface area contributed by atoms with Crippen molar-refractivity contribution in [3.8, 4) is 0 Å². The molecule has 0 aliphatic rings. The predicted molar refractivity (Wildman–Crippen MR) is 64.2 cm³/mol. The van der Waals surface area contributed by atoms with Gasteiger partial charge in [0.25, 0.3) is 0 Å². The lowest BCUT2D eigenvalue weighted by Gasteiger charge is -2.25. The molecule has 0 aliphatic heterocycles. The first-order valence-electron chi connectivity index (χ1n) is 5.95. The maximum atomic E-state index is 12.5. The van der Waals surface area contributed by atoms with Gasteiger partial charge in [0.1, 0.15) is 0 Å². The molecule has 0 saturated heterocycles. The molecule has 0 aromatic heterocycles. The Morgan fingerprint density at radius 2 is 1.83 bits per heavy atom. The first-order valence-corrected chi connectivity index (χ1v) is 5.95. The van der Waals surface area contributed by atoms with E-state index in [4.69, 9.17) is 5.11 Å². The topological polar surface area (TPSA) is 32.3 Å². The Balaban J connectivity index is 2.82. The molecule has 1 aromatic carbocycles. The summed E-state index contributed by atoms with van der Waals surface area (Å²) < 4.78 is 37.6. The molecule has 1 aromatic rings. The van der Waals surface area contributed by atoms with Crippen LogP contribution < -0.4 is 5.32 Å². The van der Waals surface area contributed by atoms with Gasteiger partial charge in [-0.05, 0) is 12.0 Å². The van der Waals surface area contributed by atoms with Gasteiger partial charge in [0, 0.05) is 12.1 Å². The maximum absolute atomic E-state index is 12.5. The van der Waals surface area contributed by atoms with Crippen molar-refractivity contribution in [3.63, 3.8) is 0 Å². The minimum absolute atomic E-state index is 0.169. The summed E-state index contributed by atoms with van der Waals surface area (Å²) in [6, 6.07) is 7.36. The number of hydrogen-bond acceptors (Lipinski definition) is 2. The van der Waals surface area contributed by atoms with Gasteiger partial charge in [0.15, 0.2) is 0 Å². The molecule has 0 heterocycles. The molecule has 1 unspecified atom stereocenters. The van der Waals surface area contributed by atoms with Crippen LogP contribution in [0.15, 0.2) is 30.3 Å². The molecular weight excluding hydrogens is 243 g/mol. The van der Waals surface area contributed by atoms with Crippen LogP contribution in [0.2, 0.25) is 0 Å². The fraction of sp³-hybridized carbons (Fsp3) is 0.538. The van der Waals surface area contributed by atoms with Gasteiger partial charge in [-0.3, -0.25) is 0 Å². The number of aliphatic hydroxyl groups excluding tert-OH is 1. The number of hydrogen-bond donors (Lipinski definition) is 2. The zero-order valence-electron chi connectivity index (χ0n) is 10.2. The van der Waals surface area contributed by atoms with Gasteiger partial charge >= 0.3 is 6.18 Å². The third kappa shape index (κ3) is 5.06. The van der Waals surface area contributed by atoms with Crippen LogP contribution in [0.25, 0.3) is 0 Å². The van der Waals surface area contributed by atoms with E-state index >= 15 is 0 Å². The summed E-state index contributed by atoms with van der Waals surface area (Å²) >= 11 is 0. The van der Waals surface area contributed by atoms with Crippen LogP contribution in [0.5, 0.6) is 0 Å². The summed E-state index contributed by atoms with van der Waals surface area (Å²) in [5, 5.41) is 11.9. The lowest BCUT2D eigenvalue weighted by atomic mass is 10.0. The van der Waals surface area contributed by atoms with E-state index in [1.165, 1.54) is 0 Å². The van der Waals surface area contributed by atoms with Crippen LogP contribution in [0.3, 0.4) is 0 Å². The maximum Gasteiger partial charge on any atom is 0.390 e. The predicted octanol–water partition coefficient (Wildman–Crippen LogP) is 3.04. The number of alkyl halides is 3. The molecule has 2 nitrogen and oxygen atoms in total. The van der Waals surface area contributed by atoms with Crippen LogP contribution in [-0.2, 0) is 0 Å². The summed E-state index contributed by atoms with van der Waals surface area (Å²) in [5.41, 5.74) is 0.585. The standard InChI is InChI=1S/C13H18F3NO/c1-2-11(9-18)17-12(8-13(14,15)16)10-6-4-3-5-7-10/h3-7,11-12,17-18H,2,8-9H2,1H3/t11-,12?/m1/s1. The number of halogens is 3. The van der Waals surface area contributed by atoms with Crippen LogP contribution in [0, 0.1) is 0 Å². The van der Waals surface area contributed by atoms with Gasteiger partial charge in [-0.2, -0.15) is 13.2 Å². The van der Waals surface area contributed by atoms with Gasteiger partial charge in [0.2, 0.25) is 0 Å². The Morgan fingerprint density at radius 1 is 1.22 bits per heavy atom. The molecule has 0 aliphatic carbocycles. The van der Waals surface area contributed by atoms with E-state index in [1.54, 1.807) is 30.3 Å². The highest BCUT2D eigenvalue weighted by Gasteiger charge is 2.33. The van der Waals surface area contributed by atoms with Crippen molar-refractivity contribution >= 4 is 0 Å². The number of rotatable bonds is 6. The van der Waals surface area contributed by atoms with Crippen molar-refractivity contribution in [2.75, 3.05) is 6.61 Å². The van der Waals surface area contributed by atoms with E-state index in [0.717, 1.165) is 0 Å². The molecule has 2 atom stereocenters. The van der Waals surface area contributed by atoms with E-state index in [-0.39, 0.29) is 12.6 Å². The summed E-state index contributed by atoms with van der Waals surface area (Å²) in [6.45, 7) is 1.65. The fourth-order valence-electron chi connectivity index (χ4n) is 1.77. The van der Waals surface area contributed by atoms with Crippen molar-refractivity contribution in [1.82, 2.24) is 5.32 Å². The van der Waals surface area contributed by atoms with E-state index in [2.05, 4.69) is 5.32 Å². The Kier molecular flexibility index (Phi) is 5.62. The smallest absolute Gasteiger partial charge is 0.390 e. The minimum atomic E-state index is -4.23. The van der Waals surface area contributed by atoms with Crippen LogP contribution >= 0.6 is 0 Å². The second-order valence-electron chi connectivity index (χ2n) is 4.24. The molecule has 102 valence electrons. The third-order valence-electron chi connectivity index (χ3n) is 2.79. The van der Waals surface area contributed by atoms with Gasteiger partial charge in [-0.15, -0.1) is 0 Å². The molecule has 2 N–H and O–H groups in total. The average Bonchev–Trinajstić information content (AvgIpc) is 2.34. The monoisotopic (exact) mass is 261 g/mol. The molecule has 1 rings (SSSR count). The van der Waals surface area contributed by atoms with Crippen molar-refractivity contribution in [2.45, 2.75) is 38.0 Å². The Morgan fingerprint density at radius 3 is 2.28 bits per heavy atom. The van der Waals surface area contributed by atoms with Crippen LogP contribution in [0.1, 0.15) is 31.4 Å². The Bertz CT molecular complexity index is 336. The zero-order chi connectivity index (χ0) is 13.6. The second kappa shape index (κ2) is 6.75. The van der Waals surface area contributed by atoms with Crippen molar-refractivity contribution in [3.05, 3.63) is 35.9 Å². The first kappa shape index (κ1) is 15.0. The van der Waals surface area contributed by atoms with E-state index < -0.39 is 18.6 Å². The van der Waals surface area contributed by atoms with Crippen molar-refractivity contribution in [2.24, 2.45) is 0 Å². The molecule has 0 spiro atoms. The molecule has 0 fully saturated rings. The van der Waals surface area contributed by atoms with Gasteiger partial charge in [-0.25, -0.2) is 0 Å². The number of aliphatic hydroxyl groups is 1. The summed E-state index contributed by atoms with van der Waals surface area (Å²) in [5.74, 6) is 0. The third-order valence-corrected chi connectivity index (χ3v) is 2.79. The highest BCUT2D eigenvalue weighted by Crippen LogP contribution is 2.29.